The van der Waals surface area contributed by atoms with Crippen LogP contribution in [-0.4, -0.2) is 34.9 Å². The molecule has 0 aliphatic carbocycles. The van der Waals surface area contributed by atoms with Crippen molar-refractivity contribution in [1.29, 1.82) is 5.41 Å². The molecular formula is C12H18F3N5. The van der Waals surface area contributed by atoms with Crippen molar-refractivity contribution in [3.05, 3.63) is 11.3 Å². The number of piperidine rings is 1. The number of nitrogens with zero attached hydrogens (tertiary/aromatic N) is 3. The quantitative estimate of drug-likeness (QED) is 0.644. The summed E-state index contributed by atoms with van der Waals surface area (Å²) < 4.78 is 39.6. The fourth-order valence-electron chi connectivity index (χ4n) is 2.74. The minimum absolute atomic E-state index is 0.0606. The van der Waals surface area contributed by atoms with Crippen LogP contribution in [0.15, 0.2) is 0 Å². The van der Waals surface area contributed by atoms with E-state index < -0.39 is 12.1 Å². The molecule has 1 saturated heterocycles. The highest BCUT2D eigenvalue weighted by Crippen LogP contribution is 2.36. The summed E-state index contributed by atoms with van der Waals surface area (Å²) in [5, 5.41) is 11.8. The number of aromatic nitrogens is 2. The van der Waals surface area contributed by atoms with Crippen LogP contribution >= 0.6 is 0 Å². The summed E-state index contributed by atoms with van der Waals surface area (Å²) >= 11 is 0. The minimum Gasteiger partial charge on any atom is -0.384 e. The van der Waals surface area contributed by atoms with Crippen LogP contribution in [0.2, 0.25) is 0 Å². The van der Waals surface area contributed by atoms with Crippen molar-refractivity contribution >= 4 is 11.7 Å². The Balaban J connectivity index is 2.21. The van der Waals surface area contributed by atoms with Gasteiger partial charge >= 0.3 is 6.18 Å². The number of hydrogen-bond acceptors (Lipinski definition) is 3. The summed E-state index contributed by atoms with van der Waals surface area (Å²) in [4.78, 5) is 1.83. The monoisotopic (exact) mass is 289 g/mol. The van der Waals surface area contributed by atoms with E-state index in [1.807, 2.05) is 4.90 Å². The lowest BCUT2D eigenvalue weighted by atomic mass is 9.96. The minimum atomic E-state index is -4.13. The molecule has 0 spiro atoms. The topological polar surface area (TPSA) is 70.9 Å². The Morgan fingerprint density at radius 2 is 1.90 bits per heavy atom. The lowest BCUT2D eigenvalue weighted by Gasteiger charge is -2.34. The summed E-state index contributed by atoms with van der Waals surface area (Å²) in [5.74, 6) is -0.715. The van der Waals surface area contributed by atoms with E-state index in [0.717, 1.165) is 0 Å². The third kappa shape index (κ3) is 2.59. The summed E-state index contributed by atoms with van der Waals surface area (Å²) in [5.41, 5.74) is 6.69. The predicted molar refractivity (Wildman–Crippen MR) is 70.0 cm³/mol. The average molecular weight is 289 g/mol. The van der Waals surface area contributed by atoms with E-state index in [-0.39, 0.29) is 18.7 Å². The molecule has 1 aromatic heterocycles. The number of aryl methyl sites for hydroxylation is 2. The highest BCUT2D eigenvalue weighted by atomic mass is 19.4. The van der Waals surface area contributed by atoms with Crippen LogP contribution in [-0.2, 0) is 7.05 Å². The van der Waals surface area contributed by atoms with E-state index >= 15 is 0 Å². The van der Waals surface area contributed by atoms with Gasteiger partial charge in [-0.25, -0.2) is 0 Å². The van der Waals surface area contributed by atoms with E-state index in [1.165, 1.54) is 0 Å². The zero-order valence-corrected chi connectivity index (χ0v) is 11.5. The molecule has 1 aromatic rings. The second-order valence-corrected chi connectivity index (χ2v) is 5.12. The first-order chi connectivity index (χ1) is 9.21. The van der Waals surface area contributed by atoms with E-state index in [1.54, 1.807) is 18.7 Å². The zero-order valence-electron chi connectivity index (χ0n) is 11.5. The molecule has 0 aromatic carbocycles. The van der Waals surface area contributed by atoms with Crippen molar-refractivity contribution in [2.75, 3.05) is 18.0 Å². The van der Waals surface area contributed by atoms with E-state index in [9.17, 15) is 13.2 Å². The number of hydrogen-bond donors (Lipinski definition) is 2. The molecule has 8 heteroatoms. The molecule has 0 atom stereocenters. The Bertz CT molecular complexity index is 512. The molecule has 2 rings (SSSR count). The smallest absolute Gasteiger partial charge is 0.384 e. The van der Waals surface area contributed by atoms with Gasteiger partial charge in [-0.1, -0.05) is 0 Å². The van der Waals surface area contributed by atoms with Gasteiger partial charge in [0.25, 0.3) is 0 Å². The highest BCUT2D eigenvalue weighted by molar-refractivity contribution is 6.00. The number of halogens is 3. The van der Waals surface area contributed by atoms with Gasteiger partial charge in [0.2, 0.25) is 0 Å². The number of nitrogen functional groups attached to an aromatic ring is 1. The summed E-state index contributed by atoms with van der Waals surface area (Å²) in [7, 11) is 1.71. The third-order valence-electron chi connectivity index (χ3n) is 3.72. The maximum atomic E-state index is 12.7. The van der Waals surface area contributed by atoms with Gasteiger partial charge in [-0.3, -0.25) is 10.1 Å². The number of alkyl halides is 3. The largest absolute Gasteiger partial charge is 0.391 e. The van der Waals surface area contributed by atoms with Crippen LogP contribution in [0.25, 0.3) is 0 Å². The Morgan fingerprint density at radius 3 is 2.35 bits per heavy atom. The molecule has 112 valence electrons. The van der Waals surface area contributed by atoms with Gasteiger partial charge in [0.15, 0.2) is 0 Å². The molecular weight excluding hydrogens is 271 g/mol. The molecule has 1 aliphatic heterocycles. The maximum absolute atomic E-state index is 12.7. The van der Waals surface area contributed by atoms with E-state index in [2.05, 4.69) is 5.10 Å². The van der Waals surface area contributed by atoms with Crippen LogP contribution < -0.4 is 10.6 Å². The molecule has 20 heavy (non-hydrogen) atoms. The number of rotatable bonds is 2. The van der Waals surface area contributed by atoms with Crippen LogP contribution in [0, 0.1) is 18.3 Å². The number of anilines is 1. The first kappa shape index (κ1) is 14.7. The van der Waals surface area contributed by atoms with Gasteiger partial charge in [0.1, 0.15) is 11.7 Å². The Morgan fingerprint density at radius 1 is 1.35 bits per heavy atom. The molecule has 2 heterocycles. The second-order valence-electron chi connectivity index (χ2n) is 5.12. The van der Waals surface area contributed by atoms with E-state index in [4.69, 9.17) is 11.1 Å². The molecule has 5 nitrogen and oxygen atoms in total. The van der Waals surface area contributed by atoms with Crippen molar-refractivity contribution in [1.82, 2.24) is 9.78 Å². The SMILES string of the molecule is Cc1nn(C)c(N2CCC(C(F)(F)F)CC2)c1C(=N)N. The van der Waals surface area contributed by atoms with Gasteiger partial charge < -0.3 is 10.6 Å². The summed E-state index contributed by atoms with van der Waals surface area (Å²) in [6.45, 7) is 2.33. The van der Waals surface area contributed by atoms with Gasteiger partial charge in [0.05, 0.1) is 17.2 Å². The standard InChI is InChI=1S/C12H18F3N5/c1-7-9(10(16)17)11(19(2)18-7)20-5-3-8(4-6-20)12(13,14)15/h8H,3-6H2,1-2H3,(H3,16,17). The maximum Gasteiger partial charge on any atom is 0.391 e. The first-order valence-corrected chi connectivity index (χ1v) is 6.41. The van der Waals surface area contributed by atoms with E-state index in [0.29, 0.717) is 30.2 Å². The summed E-state index contributed by atoms with van der Waals surface area (Å²) in [6, 6.07) is 0. The molecule has 0 saturated carbocycles. The molecule has 3 N–H and O–H groups in total. The van der Waals surface area contributed by atoms with Crippen LogP contribution in [0.5, 0.6) is 0 Å². The Labute approximate surface area is 115 Å². The van der Waals surface area contributed by atoms with Crippen LogP contribution in [0.4, 0.5) is 19.0 Å². The fourth-order valence-corrected chi connectivity index (χ4v) is 2.74. The fraction of sp³-hybridized carbons (Fsp3) is 0.667. The molecule has 0 amide bonds. The van der Waals surface area contributed by atoms with Crippen molar-refractivity contribution in [2.45, 2.75) is 25.9 Å². The van der Waals surface area contributed by atoms with Gasteiger partial charge in [-0.15, -0.1) is 0 Å². The Kier molecular flexibility index (Phi) is 3.66. The van der Waals surface area contributed by atoms with Gasteiger partial charge in [-0.05, 0) is 19.8 Å². The lowest BCUT2D eigenvalue weighted by Crippen LogP contribution is -2.40. The molecule has 0 radical (unpaired) electrons. The highest BCUT2D eigenvalue weighted by Gasteiger charge is 2.41. The molecule has 1 fully saturated rings. The Hall–Kier alpha value is -1.73. The predicted octanol–water partition coefficient (Wildman–Crippen LogP) is 1.79. The normalized spacial score (nSPS) is 17.6. The number of nitrogens with two attached hydrogens (primary N) is 1. The molecule has 0 bridgehead atoms. The number of amidine groups is 1. The molecule has 0 unspecified atom stereocenters. The van der Waals surface area contributed by atoms with Crippen molar-refractivity contribution in [3.63, 3.8) is 0 Å². The summed E-state index contributed by atoms with van der Waals surface area (Å²) in [6.07, 6.45) is -4.01. The van der Waals surface area contributed by atoms with Crippen molar-refractivity contribution < 1.29 is 13.2 Å². The second kappa shape index (κ2) is 4.99. The lowest BCUT2D eigenvalue weighted by molar-refractivity contribution is -0.179. The zero-order chi connectivity index (χ0) is 15.1. The third-order valence-corrected chi connectivity index (χ3v) is 3.72. The van der Waals surface area contributed by atoms with Gasteiger partial charge in [-0.2, -0.15) is 18.3 Å². The average Bonchev–Trinajstić information content (AvgIpc) is 2.63. The first-order valence-electron chi connectivity index (χ1n) is 6.41. The van der Waals surface area contributed by atoms with Crippen LogP contribution in [0.3, 0.4) is 0 Å². The molecule has 1 aliphatic rings. The van der Waals surface area contributed by atoms with Crippen molar-refractivity contribution in [2.24, 2.45) is 18.7 Å². The number of nitrogens with one attached hydrogen (secondary N) is 1. The van der Waals surface area contributed by atoms with Gasteiger partial charge in [0, 0.05) is 20.1 Å². The van der Waals surface area contributed by atoms with Crippen molar-refractivity contribution in [3.8, 4) is 0 Å². The van der Waals surface area contributed by atoms with Crippen LogP contribution in [0.1, 0.15) is 24.1 Å².